The molecule has 1 aromatic carbocycles. The van der Waals surface area contributed by atoms with Crippen molar-refractivity contribution in [1.82, 2.24) is 24.8 Å². The van der Waals surface area contributed by atoms with Crippen LogP contribution in [0, 0.1) is 5.82 Å². The molecular formula is C28H31FN8O2. The van der Waals surface area contributed by atoms with E-state index >= 15 is 4.39 Å². The van der Waals surface area contributed by atoms with E-state index in [0.717, 1.165) is 55.8 Å². The number of rotatable bonds is 6. The molecule has 0 spiro atoms. The fourth-order valence-corrected chi connectivity index (χ4v) is 5.30. The Labute approximate surface area is 225 Å². The number of nitrogens with two attached hydrogens (primary N) is 1. The molecular weight excluding hydrogens is 499 g/mol. The van der Waals surface area contributed by atoms with Gasteiger partial charge in [-0.25, -0.2) is 14.4 Å². The molecule has 4 aromatic rings. The van der Waals surface area contributed by atoms with Gasteiger partial charge in [0.15, 0.2) is 0 Å². The molecule has 2 fully saturated rings. The number of hydrogen-bond acceptors (Lipinski definition) is 8. The number of pyridine rings is 1. The maximum absolute atomic E-state index is 15.3. The zero-order valence-corrected chi connectivity index (χ0v) is 21.6. The first-order valence-corrected chi connectivity index (χ1v) is 13.2. The number of halogens is 1. The fraction of sp³-hybridized carbons (Fsp3) is 0.357. The van der Waals surface area contributed by atoms with Crippen LogP contribution in [0.15, 0.2) is 48.9 Å². The van der Waals surface area contributed by atoms with Crippen molar-refractivity contribution in [1.29, 1.82) is 0 Å². The van der Waals surface area contributed by atoms with E-state index in [1.54, 1.807) is 24.4 Å². The number of carbonyl (C=O) groups excluding carboxylic acids is 1. The number of amides is 1. The number of hydrogen-bond donors (Lipinski definition) is 3. The molecule has 11 heteroatoms. The number of likely N-dealkylation sites (tertiary alicyclic amines) is 1. The Balaban J connectivity index is 1.17. The van der Waals surface area contributed by atoms with Crippen LogP contribution in [-0.4, -0.2) is 76.2 Å². The Bertz CT molecular complexity index is 1490. The Morgan fingerprint density at radius 3 is 2.82 bits per heavy atom. The number of aromatic nitrogens is 4. The summed E-state index contributed by atoms with van der Waals surface area (Å²) in [5.41, 5.74) is 9.31. The van der Waals surface area contributed by atoms with E-state index < -0.39 is 11.7 Å². The van der Waals surface area contributed by atoms with Crippen LogP contribution in [0.4, 0.5) is 15.9 Å². The molecule has 2 aliphatic heterocycles. The van der Waals surface area contributed by atoms with Gasteiger partial charge in [0.25, 0.3) is 5.91 Å². The van der Waals surface area contributed by atoms with Crippen LogP contribution in [0.25, 0.3) is 22.3 Å². The molecule has 2 saturated heterocycles. The zero-order valence-electron chi connectivity index (χ0n) is 21.6. The van der Waals surface area contributed by atoms with E-state index in [-0.39, 0.29) is 11.7 Å². The van der Waals surface area contributed by atoms with Crippen molar-refractivity contribution in [3.8, 4) is 11.3 Å². The molecule has 1 amide bonds. The minimum atomic E-state index is -0.469. The first-order valence-electron chi connectivity index (χ1n) is 13.2. The van der Waals surface area contributed by atoms with Crippen molar-refractivity contribution in [3.05, 3.63) is 66.0 Å². The molecule has 39 heavy (non-hydrogen) atoms. The second-order valence-corrected chi connectivity index (χ2v) is 10.1. The van der Waals surface area contributed by atoms with E-state index in [1.807, 2.05) is 12.1 Å². The highest BCUT2D eigenvalue weighted by atomic mass is 19.1. The van der Waals surface area contributed by atoms with E-state index in [2.05, 4.69) is 35.1 Å². The largest absolute Gasteiger partial charge is 0.378 e. The van der Waals surface area contributed by atoms with Crippen LogP contribution in [0.2, 0.25) is 0 Å². The topological polar surface area (TPSA) is 125 Å². The minimum Gasteiger partial charge on any atom is -0.378 e. The number of anilines is 2. The fourth-order valence-electron chi connectivity index (χ4n) is 5.30. The molecule has 6 rings (SSSR count). The van der Waals surface area contributed by atoms with Crippen molar-refractivity contribution in [3.63, 3.8) is 0 Å². The van der Waals surface area contributed by atoms with Crippen molar-refractivity contribution in [2.24, 2.45) is 5.73 Å². The van der Waals surface area contributed by atoms with Gasteiger partial charge in [0.1, 0.15) is 29.3 Å². The lowest BCUT2D eigenvalue weighted by Gasteiger charge is -2.30. The van der Waals surface area contributed by atoms with Crippen LogP contribution in [-0.2, 0) is 11.3 Å². The Morgan fingerprint density at radius 1 is 1.13 bits per heavy atom. The maximum atomic E-state index is 15.3. The number of piperidine rings is 1. The number of benzene rings is 1. The highest BCUT2D eigenvalue weighted by Crippen LogP contribution is 2.31. The van der Waals surface area contributed by atoms with E-state index in [9.17, 15) is 4.79 Å². The van der Waals surface area contributed by atoms with Crippen LogP contribution in [0.3, 0.4) is 0 Å². The lowest BCUT2D eigenvalue weighted by Crippen LogP contribution is -2.42. The SMILES string of the molecule is N[C@@H]1CCCN(Cc2ccnc(C(=O)Nc3ccc(-c4cc5c(N6CCOCC6)ncnc5[nH]4)c(F)c3)c2)C1. The average Bonchev–Trinajstić information content (AvgIpc) is 3.38. The van der Waals surface area contributed by atoms with Crippen LogP contribution in [0.1, 0.15) is 28.9 Å². The highest BCUT2D eigenvalue weighted by Gasteiger charge is 2.20. The molecule has 0 unspecified atom stereocenters. The zero-order chi connectivity index (χ0) is 26.8. The van der Waals surface area contributed by atoms with Gasteiger partial charge in [-0.1, -0.05) is 0 Å². The van der Waals surface area contributed by atoms with Gasteiger partial charge in [-0.2, -0.15) is 0 Å². The number of aromatic amines is 1. The second-order valence-electron chi connectivity index (χ2n) is 10.1. The van der Waals surface area contributed by atoms with Crippen LogP contribution < -0.4 is 16.0 Å². The molecule has 5 heterocycles. The summed E-state index contributed by atoms with van der Waals surface area (Å²) in [6.45, 7) is 5.28. The maximum Gasteiger partial charge on any atom is 0.274 e. The van der Waals surface area contributed by atoms with E-state index in [1.165, 1.54) is 12.4 Å². The van der Waals surface area contributed by atoms with Gasteiger partial charge in [-0.3, -0.25) is 14.7 Å². The van der Waals surface area contributed by atoms with Crippen molar-refractivity contribution in [2.45, 2.75) is 25.4 Å². The number of fused-ring (bicyclic) bond motifs is 1. The third-order valence-electron chi connectivity index (χ3n) is 7.24. The van der Waals surface area contributed by atoms with Crippen molar-refractivity contribution >= 4 is 28.4 Å². The Kier molecular flexibility index (Phi) is 7.18. The van der Waals surface area contributed by atoms with Gasteiger partial charge in [0.05, 0.1) is 24.3 Å². The predicted molar refractivity (Wildman–Crippen MR) is 147 cm³/mol. The summed E-state index contributed by atoms with van der Waals surface area (Å²) >= 11 is 0. The molecule has 202 valence electrons. The number of nitrogens with zero attached hydrogens (tertiary/aromatic N) is 5. The van der Waals surface area contributed by atoms with Gasteiger partial charge in [0, 0.05) is 49.7 Å². The third kappa shape index (κ3) is 5.60. The van der Waals surface area contributed by atoms with E-state index in [0.29, 0.717) is 42.4 Å². The summed E-state index contributed by atoms with van der Waals surface area (Å²) < 4.78 is 20.7. The number of carbonyl (C=O) groups is 1. The lowest BCUT2D eigenvalue weighted by molar-refractivity contribution is 0.102. The molecule has 1 atom stereocenters. The third-order valence-corrected chi connectivity index (χ3v) is 7.24. The number of nitrogens with one attached hydrogen (secondary N) is 2. The summed E-state index contributed by atoms with van der Waals surface area (Å²) in [6, 6.07) is 10.4. The van der Waals surface area contributed by atoms with Crippen molar-refractivity contribution in [2.75, 3.05) is 49.6 Å². The first kappa shape index (κ1) is 25.4. The van der Waals surface area contributed by atoms with Gasteiger partial charge in [-0.05, 0) is 61.3 Å². The Hall–Kier alpha value is -3.93. The molecule has 0 saturated carbocycles. The standard InChI is InChI=1S/C28H31FN8O2/c29-23-13-20(34-28(38)25-12-18(5-6-31-25)15-36-7-1-2-19(30)16-36)3-4-21(23)24-14-22-26(35-24)32-17-33-27(22)37-8-10-39-11-9-37/h3-6,12-14,17,19H,1-2,7-11,15-16,30H2,(H,34,38)(H,32,33,35)/t19-/m1/s1. The summed E-state index contributed by atoms with van der Waals surface area (Å²) in [4.78, 5) is 33.6. The lowest BCUT2D eigenvalue weighted by atomic mass is 10.1. The molecule has 2 aliphatic rings. The minimum absolute atomic E-state index is 0.185. The van der Waals surface area contributed by atoms with Gasteiger partial charge in [0.2, 0.25) is 0 Å². The number of ether oxygens (including phenoxy) is 1. The smallest absolute Gasteiger partial charge is 0.274 e. The molecule has 4 N–H and O–H groups in total. The molecule has 0 aliphatic carbocycles. The Morgan fingerprint density at radius 2 is 2.00 bits per heavy atom. The van der Waals surface area contributed by atoms with E-state index in [4.69, 9.17) is 10.5 Å². The molecule has 10 nitrogen and oxygen atoms in total. The number of H-pyrrole nitrogens is 1. The summed E-state index contributed by atoms with van der Waals surface area (Å²) in [5.74, 6) is -0.0632. The summed E-state index contributed by atoms with van der Waals surface area (Å²) in [5, 5.41) is 3.59. The first-order chi connectivity index (χ1) is 19.0. The molecule has 0 radical (unpaired) electrons. The second kappa shape index (κ2) is 11.0. The van der Waals surface area contributed by atoms with Crippen LogP contribution in [0.5, 0.6) is 0 Å². The number of morpholine rings is 1. The van der Waals surface area contributed by atoms with Gasteiger partial charge >= 0.3 is 0 Å². The normalized spacial score (nSPS) is 18.4. The molecule has 3 aromatic heterocycles. The average molecular weight is 531 g/mol. The van der Waals surface area contributed by atoms with Gasteiger partial charge in [-0.15, -0.1) is 0 Å². The van der Waals surface area contributed by atoms with Crippen molar-refractivity contribution < 1.29 is 13.9 Å². The molecule has 0 bridgehead atoms. The predicted octanol–water partition coefficient (Wildman–Crippen LogP) is 3.17. The van der Waals surface area contributed by atoms with Crippen LogP contribution >= 0.6 is 0 Å². The quantitative estimate of drug-likeness (QED) is 0.347. The van der Waals surface area contributed by atoms with Gasteiger partial charge < -0.3 is 25.7 Å². The monoisotopic (exact) mass is 530 g/mol. The highest BCUT2D eigenvalue weighted by molar-refractivity contribution is 6.03. The summed E-state index contributed by atoms with van der Waals surface area (Å²) in [7, 11) is 0. The summed E-state index contributed by atoms with van der Waals surface area (Å²) in [6.07, 6.45) is 5.25.